The third-order valence-electron chi connectivity index (χ3n) is 3.93. The Balaban J connectivity index is 2.89. The summed E-state index contributed by atoms with van der Waals surface area (Å²) in [7, 11) is 1.68. The molecule has 0 spiro atoms. The predicted octanol–water partition coefficient (Wildman–Crippen LogP) is 2.02. The molecule has 134 valence electrons. The van der Waals surface area contributed by atoms with Gasteiger partial charge in [-0.2, -0.15) is 0 Å². The SMILES string of the molecule is CC(C)C(NC(=O)c1ccccc1F)C(=O)N(C)CC(C)(C)CN. The van der Waals surface area contributed by atoms with Crippen molar-refractivity contribution in [2.75, 3.05) is 20.1 Å². The van der Waals surface area contributed by atoms with Crippen molar-refractivity contribution < 1.29 is 14.0 Å². The third kappa shape index (κ3) is 5.30. The Morgan fingerprint density at radius 1 is 1.29 bits per heavy atom. The molecule has 0 radical (unpaired) electrons. The van der Waals surface area contributed by atoms with E-state index in [-0.39, 0.29) is 22.8 Å². The highest BCUT2D eigenvalue weighted by Crippen LogP contribution is 2.16. The van der Waals surface area contributed by atoms with Gasteiger partial charge in [-0.15, -0.1) is 0 Å². The Morgan fingerprint density at radius 2 is 1.88 bits per heavy atom. The highest BCUT2D eigenvalue weighted by molar-refractivity contribution is 5.97. The van der Waals surface area contributed by atoms with Crippen molar-refractivity contribution >= 4 is 11.8 Å². The lowest BCUT2D eigenvalue weighted by Gasteiger charge is -2.32. The molecule has 0 aromatic heterocycles. The van der Waals surface area contributed by atoms with Crippen molar-refractivity contribution in [1.82, 2.24) is 10.2 Å². The van der Waals surface area contributed by atoms with Gasteiger partial charge in [-0.25, -0.2) is 4.39 Å². The van der Waals surface area contributed by atoms with Crippen LogP contribution in [0.25, 0.3) is 0 Å². The minimum atomic E-state index is -0.726. The predicted molar refractivity (Wildman–Crippen MR) is 93.0 cm³/mol. The molecule has 1 aromatic rings. The van der Waals surface area contributed by atoms with Crippen LogP contribution in [0.3, 0.4) is 0 Å². The topological polar surface area (TPSA) is 75.4 Å². The number of carbonyl (C=O) groups is 2. The second kappa shape index (κ2) is 8.24. The highest BCUT2D eigenvalue weighted by Gasteiger charge is 2.30. The van der Waals surface area contributed by atoms with Crippen molar-refractivity contribution in [2.24, 2.45) is 17.1 Å². The van der Waals surface area contributed by atoms with Crippen LogP contribution in [0.4, 0.5) is 4.39 Å². The molecular formula is C18H28FN3O2. The summed E-state index contributed by atoms with van der Waals surface area (Å²) in [6, 6.07) is 4.99. The maximum Gasteiger partial charge on any atom is 0.254 e. The van der Waals surface area contributed by atoms with Crippen LogP contribution in [-0.2, 0) is 4.79 Å². The Bertz CT molecular complexity index is 587. The zero-order valence-corrected chi connectivity index (χ0v) is 15.1. The van der Waals surface area contributed by atoms with Gasteiger partial charge in [0.2, 0.25) is 5.91 Å². The summed E-state index contributed by atoms with van der Waals surface area (Å²) in [4.78, 5) is 26.6. The number of nitrogens with zero attached hydrogens (tertiary/aromatic N) is 1. The Labute approximate surface area is 143 Å². The monoisotopic (exact) mass is 337 g/mol. The number of halogens is 1. The van der Waals surface area contributed by atoms with Crippen LogP contribution in [0.2, 0.25) is 0 Å². The lowest BCUT2D eigenvalue weighted by atomic mass is 9.92. The summed E-state index contributed by atoms with van der Waals surface area (Å²) in [5, 5.41) is 2.66. The first kappa shape index (κ1) is 20.1. The molecule has 1 unspecified atom stereocenters. The first-order valence-corrected chi connectivity index (χ1v) is 8.09. The van der Waals surface area contributed by atoms with Gasteiger partial charge in [0.1, 0.15) is 11.9 Å². The Kier molecular flexibility index (Phi) is 6.90. The molecule has 24 heavy (non-hydrogen) atoms. The fourth-order valence-corrected chi connectivity index (χ4v) is 2.40. The molecule has 1 rings (SSSR count). The van der Waals surface area contributed by atoms with Crippen molar-refractivity contribution in [3.8, 4) is 0 Å². The van der Waals surface area contributed by atoms with E-state index in [4.69, 9.17) is 5.73 Å². The molecule has 0 bridgehead atoms. The molecule has 0 saturated carbocycles. The summed E-state index contributed by atoms with van der Waals surface area (Å²) >= 11 is 0. The molecule has 6 heteroatoms. The number of nitrogens with two attached hydrogens (primary N) is 1. The van der Waals surface area contributed by atoms with Crippen LogP contribution in [0.1, 0.15) is 38.1 Å². The molecule has 1 atom stereocenters. The summed E-state index contributed by atoms with van der Waals surface area (Å²) in [6.07, 6.45) is 0. The molecule has 0 heterocycles. The number of hydrogen-bond donors (Lipinski definition) is 2. The number of rotatable bonds is 7. The van der Waals surface area contributed by atoms with Gasteiger partial charge in [-0.05, 0) is 30.0 Å². The lowest BCUT2D eigenvalue weighted by molar-refractivity contribution is -0.134. The van der Waals surface area contributed by atoms with E-state index in [0.717, 1.165) is 0 Å². The lowest BCUT2D eigenvalue weighted by Crippen LogP contribution is -2.52. The van der Waals surface area contributed by atoms with Crippen molar-refractivity contribution in [3.05, 3.63) is 35.6 Å². The van der Waals surface area contributed by atoms with Gasteiger partial charge >= 0.3 is 0 Å². The number of benzene rings is 1. The molecule has 5 nitrogen and oxygen atoms in total. The maximum atomic E-state index is 13.7. The van der Waals surface area contributed by atoms with E-state index in [0.29, 0.717) is 13.1 Å². The van der Waals surface area contributed by atoms with E-state index in [1.807, 2.05) is 27.7 Å². The molecule has 0 aliphatic heterocycles. The average Bonchev–Trinajstić information content (AvgIpc) is 2.51. The first-order valence-electron chi connectivity index (χ1n) is 8.09. The fraction of sp³-hybridized carbons (Fsp3) is 0.556. The molecule has 2 amide bonds. The number of carbonyl (C=O) groups excluding carboxylic acids is 2. The number of nitrogens with one attached hydrogen (secondary N) is 1. The third-order valence-corrected chi connectivity index (χ3v) is 3.93. The zero-order valence-electron chi connectivity index (χ0n) is 15.1. The number of hydrogen-bond acceptors (Lipinski definition) is 3. The molecule has 1 aromatic carbocycles. The summed E-state index contributed by atoms with van der Waals surface area (Å²) in [6.45, 7) is 8.54. The fourth-order valence-electron chi connectivity index (χ4n) is 2.40. The second-order valence-electron chi connectivity index (χ2n) is 7.24. The molecule has 0 saturated heterocycles. The molecule has 0 aliphatic rings. The number of amides is 2. The molecule has 3 N–H and O–H groups in total. The Hall–Kier alpha value is -1.95. The maximum absolute atomic E-state index is 13.7. The largest absolute Gasteiger partial charge is 0.343 e. The van der Waals surface area contributed by atoms with E-state index in [2.05, 4.69) is 5.32 Å². The smallest absolute Gasteiger partial charge is 0.254 e. The van der Waals surface area contributed by atoms with Gasteiger partial charge in [0.05, 0.1) is 5.56 Å². The molecule has 0 aliphatic carbocycles. The van der Waals surface area contributed by atoms with Gasteiger partial charge in [-0.3, -0.25) is 9.59 Å². The van der Waals surface area contributed by atoms with Crippen LogP contribution >= 0.6 is 0 Å². The second-order valence-corrected chi connectivity index (χ2v) is 7.24. The van der Waals surface area contributed by atoms with Crippen LogP contribution in [-0.4, -0.2) is 42.9 Å². The summed E-state index contributed by atoms with van der Waals surface area (Å²) in [5.74, 6) is -1.54. The van der Waals surface area contributed by atoms with Gasteiger partial charge in [0, 0.05) is 13.6 Å². The Morgan fingerprint density at radius 3 is 2.38 bits per heavy atom. The minimum absolute atomic E-state index is 0.0686. The van der Waals surface area contributed by atoms with Crippen LogP contribution in [0.15, 0.2) is 24.3 Å². The van der Waals surface area contributed by atoms with Gasteiger partial charge < -0.3 is 16.0 Å². The number of likely N-dealkylation sites (N-methyl/N-ethyl adjacent to an activating group) is 1. The quantitative estimate of drug-likeness (QED) is 0.799. The van der Waals surface area contributed by atoms with Crippen molar-refractivity contribution in [1.29, 1.82) is 0 Å². The van der Waals surface area contributed by atoms with E-state index < -0.39 is 17.8 Å². The van der Waals surface area contributed by atoms with Crippen LogP contribution in [0.5, 0.6) is 0 Å². The summed E-state index contributed by atoms with van der Waals surface area (Å²) in [5.41, 5.74) is 5.43. The van der Waals surface area contributed by atoms with E-state index in [9.17, 15) is 14.0 Å². The van der Waals surface area contributed by atoms with Gasteiger partial charge in [-0.1, -0.05) is 39.8 Å². The van der Waals surface area contributed by atoms with Crippen molar-refractivity contribution in [2.45, 2.75) is 33.7 Å². The van der Waals surface area contributed by atoms with E-state index in [1.165, 1.54) is 18.2 Å². The van der Waals surface area contributed by atoms with E-state index >= 15 is 0 Å². The average molecular weight is 337 g/mol. The highest BCUT2D eigenvalue weighted by atomic mass is 19.1. The summed E-state index contributed by atoms with van der Waals surface area (Å²) < 4.78 is 13.7. The normalized spacial score (nSPS) is 12.8. The zero-order chi connectivity index (χ0) is 18.5. The van der Waals surface area contributed by atoms with E-state index in [1.54, 1.807) is 18.0 Å². The molecule has 0 fully saturated rings. The standard InChI is InChI=1S/C18H28FN3O2/c1-12(2)15(17(24)22(5)11-18(3,4)10-20)21-16(23)13-8-6-7-9-14(13)19/h6-9,12,15H,10-11,20H2,1-5H3,(H,21,23). The molecular weight excluding hydrogens is 309 g/mol. The van der Waals surface area contributed by atoms with Crippen LogP contribution < -0.4 is 11.1 Å². The first-order chi connectivity index (χ1) is 11.1. The minimum Gasteiger partial charge on any atom is -0.343 e. The van der Waals surface area contributed by atoms with Crippen LogP contribution in [0, 0.1) is 17.2 Å². The van der Waals surface area contributed by atoms with Gasteiger partial charge in [0.15, 0.2) is 0 Å². The van der Waals surface area contributed by atoms with Gasteiger partial charge in [0.25, 0.3) is 5.91 Å². The van der Waals surface area contributed by atoms with Crippen molar-refractivity contribution in [3.63, 3.8) is 0 Å².